The van der Waals surface area contributed by atoms with Crippen LogP contribution >= 0.6 is 0 Å². The van der Waals surface area contributed by atoms with E-state index in [1.54, 1.807) is 22.9 Å². The lowest BCUT2D eigenvalue weighted by molar-refractivity contribution is -0.595. The maximum Gasteiger partial charge on any atom is 0.294 e. The monoisotopic (exact) mass is 279 g/mol. The van der Waals surface area contributed by atoms with E-state index >= 15 is 0 Å². The van der Waals surface area contributed by atoms with E-state index < -0.39 is 16.0 Å². The second-order valence-electron chi connectivity index (χ2n) is 3.83. The first-order valence-corrected chi connectivity index (χ1v) is 6.71. The van der Waals surface area contributed by atoms with Gasteiger partial charge in [0.2, 0.25) is 5.69 Å². The average Bonchev–Trinajstić information content (AvgIpc) is 2.38. The molecule has 1 aromatic heterocycles. The predicted molar refractivity (Wildman–Crippen MR) is 66.3 cm³/mol. The molecule has 1 heterocycles. The Morgan fingerprint density at radius 2 is 1.79 bits per heavy atom. The van der Waals surface area contributed by atoms with E-state index in [4.69, 9.17) is 10.3 Å². The van der Waals surface area contributed by atoms with Crippen LogP contribution in [0.2, 0.25) is 0 Å². The van der Waals surface area contributed by atoms with Crippen LogP contribution < -0.4 is 10.3 Å². The number of rotatable bonds is 3. The molecule has 0 radical (unpaired) electrons. The summed E-state index contributed by atoms with van der Waals surface area (Å²) in [6.45, 7) is 0. The van der Waals surface area contributed by atoms with Crippen molar-refractivity contribution in [1.82, 2.24) is 0 Å². The smallest absolute Gasteiger partial charge is 0.294 e. The summed E-state index contributed by atoms with van der Waals surface area (Å²) in [7, 11) is -4.21. The van der Waals surface area contributed by atoms with Crippen LogP contribution in [0.3, 0.4) is 0 Å². The molecule has 0 aliphatic heterocycles. The van der Waals surface area contributed by atoms with Crippen molar-refractivity contribution in [2.75, 3.05) is 0 Å². The summed E-state index contributed by atoms with van der Waals surface area (Å²) in [5.74, 6) is -0.552. The van der Waals surface area contributed by atoms with Crippen LogP contribution in [0.15, 0.2) is 53.7 Å². The van der Waals surface area contributed by atoms with Crippen molar-refractivity contribution in [1.29, 1.82) is 0 Å². The zero-order chi connectivity index (χ0) is 14.0. The third-order valence-corrected chi connectivity index (χ3v) is 3.39. The van der Waals surface area contributed by atoms with Crippen LogP contribution in [0.5, 0.6) is 0 Å². The van der Waals surface area contributed by atoms with Gasteiger partial charge < -0.3 is 5.73 Å². The highest BCUT2D eigenvalue weighted by molar-refractivity contribution is 7.85. The summed E-state index contributed by atoms with van der Waals surface area (Å²) in [6.07, 6.45) is 3.22. The standard InChI is InChI=1S/C12H10N2O4S/c13-12(15)9-2-1-7-14(8-9)10-3-5-11(6-4-10)19(16,17)18/h1-8H,(H2-,13,15,16,17,18)/p+1. The van der Waals surface area contributed by atoms with Gasteiger partial charge in [0.25, 0.3) is 16.0 Å². The molecular formula is C12H11N2O4S+. The number of hydrogen-bond donors (Lipinski definition) is 2. The van der Waals surface area contributed by atoms with Crippen molar-refractivity contribution >= 4 is 16.0 Å². The Hall–Kier alpha value is -2.25. The molecule has 2 aromatic rings. The molecule has 0 saturated heterocycles. The largest absolute Gasteiger partial charge is 0.365 e. The number of amides is 1. The first-order chi connectivity index (χ1) is 8.88. The van der Waals surface area contributed by atoms with Crippen molar-refractivity contribution in [3.8, 4) is 5.69 Å². The number of hydrogen-bond acceptors (Lipinski definition) is 3. The number of carbonyl (C=O) groups excluding carboxylic acids is 1. The number of nitrogens with zero attached hydrogens (tertiary/aromatic N) is 1. The third-order valence-electron chi connectivity index (χ3n) is 2.52. The first-order valence-electron chi connectivity index (χ1n) is 5.27. The van der Waals surface area contributed by atoms with E-state index in [1.807, 2.05) is 0 Å². The van der Waals surface area contributed by atoms with Gasteiger partial charge in [-0.1, -0.05) is 0 Å². The molecule has 0 aliphatic carbocycles. The van der Waals surface area contributed by atoms with Gasteiger partial charge in [0.15, 0.2) is 12.4 Å². The third kappa shape index (κ3) is 2.95. The first kappa shape index (κ1) is 13.2. The Labute approximate surface area is 109 Å². The van der Waals surface area contributed by atoms with Crippen molar-refractivity contribution in [3.63, 3.8) is 0 Å². The van der Waals surface area contributed by atoms with Crippen LogP contribution in [0.4, 0.5) is 0 Å². The van der Waals surface area contributed by atoms with Crippen molar-refractivity contribution in [2.24, 2.45) is 5.73 Å². The number of pyridine rings is 1. The maximum absolute atomic E-state index is 11.1. The summed E-state index contributed by atoms with van der Waals surface area (Å²) in [5, 5.41) is 0. The molecule has 0 spiro atoms. The SMILES string of the molecule is NC(=O)c1ccc[n+](-c2ccc(S(=O)(=O)O)cc2)c1. The number of aromatic nitrogens is 1. The number of carbonyl (C=O) groups is 1. The van der Waals surface area contributed by atoms with Crippen LogP contribution in [0.25, 0.3) is 5.69 Å². The molecule has 0 fully saturated rings. The normalized spacial score (nSPS) is 11.2. The van der Waals surface area contributed by atoms with Gasteiger partial charge >= 0.3 is 0 Å². The fourth-order valence-electron chi connectivity index (χ4n) is 1.57. The molecule has 1 amide bonds. The molecule has 7 heteroatoms. The minimum absolute atomic E-state index is 0.192. The highest BCUT2D eigenvalue weighted by Gasteiger charge is 2.13. The van der Waals surface area contributed by atoms with E-state index in [0.717, 1.165) is 0 Å². The van der Waals surface area contributed by atoms with Crippen LogP contribution in [-0.2, 0) is 10.1 Å². The topological polar surface area (TPSA) is 101 Å². The molecule has 2 rings (SSSR count). The van der Waals surface area contributed by atoms with Gasteiger partial charge in [0.1, 0.15) is 5.56 Å². The van der Waals surface area contributed by atoms with Gasteiger partial charge in [-0.25, -0.2) is 0 Å². The Bertz CT molecular complexity index is 724. The lowest BCUT2D eigenvalue weighted by Crippen LogP contribution is -2.31. The molecule has 1 aromatic carbocycles. The molecule has 6 nitrogen and oxygen atoms in total. The predicted octanol–water partition coefficient (Wildman–Crippen LogP) is 0.309. The summed E-state index contributed by atoms with van der Waals surface area (Å²) < 4.78 is 32.3. The molecule has 0 saturated carbocycles. The number of benzene rings is 1. The highest BCUT2D eigenvalue weighted by Crippen LogP contribution is 2.10. The molecule has 0 atom stereocenters. The Morgan fingerprint density at radius 1 is 1.16 bits per heavy atom. The quantitative estimate of drug-likeness (QED) is 0.623. The number of nitrogens with two attached hydrogens (primary N) is 1. The van der Waals surface area contributed by atoms with Crippen molar-refractivity contribution < 1.29 is 22.3 Å². The van der Waals surface area contributed by atoms with E-state index in [0.29, 0.717) is 11.3 Å². The lowest BCUT2D eigenvalue weighted by atomic mass is 10.2. The Balaban J connectivity index is 2.43. The van der Waals surface area contributed by atoms with Gasteiger partial charge in [-0.2, -0.15) is 13.0 Å². The van der Waals surface area contributed by atoms with Gasteiger partial charge in [-0.3, -0.25) is 9.35 Å². The van der Waals surface area contributed by atoms with E-state index in [2.05, 4.69) is 0 Å². The fourth-order valence-corrected chi connectivity index (χ4v) is 2.05. The molecular weight excluding hydrogens is 268 g/mol. The van der Waals surface area contributed by atoms with Crippen LogP contribution in [0.1, 0.15) is 10.4 Å². The van der Waals surface area contributed by atoms with Gasteiger partial charge in [-0.05, 0) is 18.2 Å². The lowest BCUT2D eigenvalue weighted by Gasteiger charge is -1.99. The zero-order valence-corrected chi connectivity index (χ0v) is 10.5. The summed E-state index contributed by atoms with van der Waals surface area (Å²) >= 11 is 0. The summed E-state index contributed by atoms with van der Waals surface area (Å²) in [5.41, 5.74) is 6.15. The molecule has 19 heavy (non-hydrogen) atoms. The molecule has 3 N–H and O–H groups in total. The van der Waals surface area contributed by atoms with E-state index in [-0.39, 0.29) is 4.90 Å². The Morgan fingerprint density at radius 3 is 2.32 bits per heavy atom. The molecule has 0 aliphatic rings. The van der Waals surface area contributed by atoms with Gasteiger partial charge in [0, 0.05) is 18.2 Å². The number of primary amides is 1. The van der Waals surface area contributed by atoms with Gasteiger partial charge in [-0.15, -0.1) is 0 Å². The van der Waals surface area contributed by atoms with Crippen LogP contribution in [-0.4, -0.2) is 18.9 Å². The summed E-state index contributed by atoms with van der Waals surface area (Å²) in [4.78, 5) is 10.9. The van der Waals surface area contributed by atoms with E-state index in [1.165, 1.54) is 30.5 Å². The van der Waals surface area contributed by atoms with Crippen molar-refractivity contribution in [3.05, 3.63) is 54.4 Å². The second kappa shape index (κ2) is 4.79. The average molecular weight is 279 g/mol. The molecule has 0 unspecified atom stereocenters. The minimum Gasteiger partial charge on any atom is -0.365 e. The fraction of sp³-hybridized carbons (Fsp3) is 0. The van der Waals surface area contributed by atoms with Crippen molar-refractivity contribution in [2.45, 2.75) is 4.90 Å². The zero-order valence-electron chi connectivity index (χ0n) is 9.72. The molecule has 0 bridgehead atoms. The van der Waals surface area contributed by atoms with E-state index in [9.17, 15) is 13.2 Å². The maximum atomic E-state index is 11.1. The van der Waals surface area contributed by atoms with Gasteiger partial charge in [0.05, 0.1) is 4.90 Å². The summed E-state index contributed by atoms with van der Waals surface area (Å²) in [6, 6.07) is 8.78. The molecule has 98 valence electrons. The highest BCUT2D eigenvalue weighted by atomic mass is 32.2. The minimum atomic E-state index is -4.21. The van der Waals surface area contributed by atoms with Crippen LogP contribution in [0, 0.1) is 0 Å². The second-order valence-corrected chi connectivity index (χ2v) is 5.25. The Kier molecular flexibility index (Phi) is 3.32.